The van der Waals surface area contributed by atoms with Crippen molar-refractivity contribution in [1.82, 2.24) is 4.90 Å². The van der Waals surface area contributed by atoms with Crippen molar-refractivity contribution in [3.8, 4) is 0 Å². The molecule has 0 saturated heterocycles. The SMILES string of the molecule is CN(C)CCOCCOCCOCCOCCOCCOCCOCCOCCOCCOC(=O)C(=O)c1ccccc1. The summed E-state index contributed by atoms with van der Waals surface area (Å²) in [5.74, 6) is -1.57. The molecular weight excluding hydrogens is 566 g/mol. The van der Waals surface area contributed by atoms with E-state index >= 15 is 0 Å². The third kappa shape index (κ3) is 26.1. The fourth-order valence-corrected chi connectivity index (χ4v) is 3.07. The largest absolute Gasteiger partial charge is 0.457 e. The molecule has 0 N–H and O–H groups in total. The lowest BCUT2D eigenvalue weighted by Crippen LogP contribution is -2.20. The highest BCUT2D eigenvalue weighted by Crippen LogP contribution is 2.01. The van der Waals surface area contributed by atoms with Gasteiger partial charge in [0.15, 0.2) is 0 Å². The quantitative estimate of drug-likeness (QED) is 0.0496. The number of carbonyl (C=O) groups is 2. The number of esters is 1. The average molecular weight is 618 g/mol. The van der Waals surface area contributed by atoms with Gasteiger partial charge in [-0.2, -0.15) is 0 Å². The van der Waals surface area contributed by atoms with Gasteiger partial charge in [-0.15, -0.1) is 0 Å². The highest BCUT2D eigenvalue weighted by atomic mass is 16.6. The highest BCUT2D eigenvalue weighted by molar-refractivity contribution is 6.40. The lowest BCUT2D eigenvalue weighted by atomic mass is 10.1. The minimum Gasteiger partial charge on any atom is -0.457 e. The molecule has 0 fully saturated rings. The Morgan fingerprint density at radius 3 is 1.09 bits per heavy atom. The van der Waals surface area contributed by atoms with E-state index < -0.39 is 11.8 Å². The second-order valence-corrected chi connectivity index (χ2v) is 9.15. The number of benzene rings is 1. The number of ketones is 1. The molecule has 0 radical (unpaired) electrons. The Hall–Kier alpha value is -2.04. The first-order valence-corrected chi connectivity index (χ1v) is 14.7. The first-order chi connectivity index (χ1) is 21.1. The Morgan fingerprint density at radius 2 is 0.767 bits per heavy atom. The van der Waals surface area contributed by atoms with Gasteiger partial charge in [0, 0.05) is 12.1 Å². The number of ether oxygens (including phenoxy) is 10. The van der Waals surface area contributed by atoms with Gasteiger partial charge in [0.2, 0.25) is 0 Å². The zero-order valence-corrected chi connectivity index (χ0v) is 25.9. The minimum atomic E-state index is -0.895. The van der Waals surface area contributed by atoms with E-state index in [2.05, 4.69) is 4.90 Å². The Balaban J connectivity index is 1.68. The van der Waals surface area contributed by atoms with Crippen LogP contribution in [0.3, 0.4) is 0 Å². The number of rotatable bonds is 32. The fraction of sp³-hybridized carbons (Fsp3) is 0.733. The smallest absolute Gasteiger partial charge is 0.379 e. The number of Topliss-reactive ketones (excluding diaryl/α,β-unsaturated/α-hetero) is 1. The normalized spacial score (nSPS) is 11.3. The van der Waals surface area contributed by atoms with Crippen molar-refractivity contribution >= 4 is 11.8 Å². The standard InChI is InChI=1S/C30H51NO12/c1-31(2)8-9-34-10-11-35-12-13-36-14-15-37-16-17-38-18-19-39-20-21-40-22-23-41-24-25-42-26-27-43-30(33)29(32)28-6-4-3-5-7-28/h3-7H,8-27H2,1-2H3. The fourth-order valence-electron chi connectivity index (χ4n) is 3.07. The Morgan fingerprint density at radius 1 is 0.465 bits per heavy atom. The molecule has 13 heteroatoms. The molecule has 0 unspecified atom stereocenters. The van der Waals surface area contributed by atoms with Crippen LogP contribution in [0.15, 0.2) is 30.3 Å². The van der Waals surface area contributed by atoms with E-state index in [0.717, 1.165) is 6.54 Å². The lowest BCUT2D eigenvalue weighted by Gasteiger charge is -2.10. The molecule has 0 amide bonds. The molecule has 0 heterocycles. The van der Waals surface area contributed by atoms with Crippen molar-refractivity contribution in [2.45, 2.75) is 0 Å². The summed E-state index contributed by atoms with van der Waals surface area (Å²) < 4.78 is 53.8. The van der Waals surface area contributed by atoms with Gasteiger partial charge in [-0.25, -0.2) is 4.79 Å². The topological polar surface area (TPSA) is 130 Å². The van der Waals surface area contributed by atoms with Gasteiger partial charge in [0.05, 0.1) is 119 Å². The van der Waals surface area contributed by atoms with E-state index in [1.165, 1.54) is 0 Å². The Kier molecular flexibility index (Phi) is 27.2. The first kappa shape index (κ1) is 39.0. The van der Waals surface area contributed by atoms with Crippen LogP contribution < -0.4 is 0 Å². The molecule has 0 aliphatic carbocycles. The average Bonchev–Trinajstić information content (AvgIpc) is 3.01. The van der Waals surface area contributed by atoms with Gasteiger partial charge in [0.1, 0.15) is 6.61 Å². The summed E-state index contributed by atoms with van der Waals surface area (Å²) in [6.07, 6.45) is 0. The molecule has 1 aromatic rings. The maximum Gasteiger partial charge on any atom is 0.379 e. The second-order valence-electron chi connectivity index (χ2n) is 9.15. The predicted octanol–water partition coefficient (Wildman–Crippen LogP) is 1.12. The van der Waals surface area contributed by atoms with Crippen LogP contribution in [0.2, 0.25) is 0 Å². The van der Waals surface area contributed by atoms with Crippen LogP contribution in [0.25, 0.3) is 0 Å². The molecule has 248 valence electrons. The number of hydrogen-bond donors (Lipinski definition) is 0. The van der Waals surface area contributed by atoms with Crippen molar-refractivity contribution in [3.05, 3.63) is 35.9 Å². The van der Waals surface area contributed by atoms with E-state index in [0.29, 0.717) is 118 Å². The first-order valence-electron chi connectivity index (χ1n) is 14.7. The molecule has 43 heavy (non-hydrogen) atoms. The summed E-state index contributed by atoms with van der Waals surface area (Å²) in [6, 6.07) is 8.26. The molecule has 13 nitrogen and oxygen atoms in total. The van der Waals surface area contributed by atoms with E-state index in [-0.39, 0.29) is 13.2 Å². The molecule has 0 atom stereocenters. The molecule has 1 aromatic carbocycles. The summed E-state index contributed by atoms with van der Waals surface area (Å²) in [7, 11) is 4.03. The molecule has 0 saturated carbocycles. The van der Waals surface area contributed by atoms with Crippen LogP contribution in [0.1, 0.15) is 10.4 Å². The van der Waals surface area contributed by atoms with Crippen molar-refractivity contribution in [1.29, 1.82) is 0 Å². The van der Waals surface area contributed by atoms with Crippen molar-refractivity contribution < 1.29 is 57.0 Å². The summed E-state index contributed by atoms with van der Waals surface area (Å²) in [4.78, 5) is 25.7. The number of nitrogens with zero attached hydrogens (tertiary/aromatic N) is 1. The van der Waals surface area contributed by atoms with E-state index in [4.69, 9.17) is 47.4 Å². The minimum absolute atomic E-state index is 0.000883. The molecule has 0 aromatic heterocycles. The third-order valence-electron chi connectivity index (χ3n) is 5.34. The molecule has 0 bridgehead atoms. The summed E-state index contributed by atoms with van der Waals surface area (Å²) in [5.41, 5.74) is 0.298. The number of hydrogen-bond acceptors (Lipinski definition) is 13. The van der Waals surface area contributed by atoms with Crippen LogP contribution >= 0.6 is 0 Å². The summed E-state index contributed by atoms with van der Waals surface area (Å²) in [6.45, 7) is 9.57. The predicted molar refractivity (Wildman–Crippen MR) is 158 cm³/mol. The maximum absolute atomic E-state index is 11.9. The van der Waals surface area contributed by atoms with Gasteiger partial charge in [-0.1, -0.05) is 30.3 Å². The summed E-state index contributed by atoms with van der Waals surface area (Å²) in [5, 5.41) is 0. The Bertz CT molecular complexity index is 769. The van der Waals surface area contributed by atoms with Gasteiger partial charge in [-0.05, 0) is 14.1 Å². The van der Waals surface area contributed by atoms with Gasteiger partial charge in [-0.3, -0.25) is 4.79 Å². The van der Waals surface area contributed by atoms with E-state index in [1.807, 2.05) is 14.1 Å². The highest BCUT2D eigenvalue weighted by Gasteiger charge is 2.17. The summed E-state index contributed by atoms with van der Waals surface area (Å²) >= 11 is 0. The number of carbonyl (C=O) groups excluding carboxylic acids is 2. The molecule has 1 rings (SSSR count). The molecule has 0 aliphatic heterocycles. The Labute approximate surface area is 255 Å². The molecule has 0 spiro atoms. The zero-order chi connectivity index (χ0) is 31.1. The van der Waals surface area contributed by atoms with Crippen molar-refractivity contribution in [3.63, 3.8) is 0 Å². The monoisotopic (exact) mass is 617 g/mol. The van der Waals surface area contributed by atoms with E-state index in [9.17, 15) is 9.59 Å². The molecular formula is C30H51NO12. The van der Waals surface area contributed by atoms with Crippen LogP contribution in [0, 0.1) is 0 Å². The number of likely N-dealkylation sites (N-methyl/N-ethyl adjacent to an activating group) is 1. The van der Waals surface area contributed by atoms with Crippen LogP contribution in [0.5, 0.6) is 0 Å². The van der Waals surface area contributed by atoms with Crippen molar-refractivity contribution in [2.24, 2.45) is 0 Å². The van der Waals surface area contributed by atoms with Crippen LogP contribution in [-0.2, 0) is 52.2 Å². The zero-order valence-electron chi connectivity index (χ0n) is 25.9. The maximum atomic E-state index is 11.9. The van der Waals surface area contributed by atoms with Gasteiger partial charge < -0.3 is 52.3 Å². The van der Waals surface area contributed by atoms with Gasteiger partial charge in [0.25, 0.3) is 5.78 Å². The van der Waals surface area contributed by atoms with Crippen molar-refractivity contribution in [2.75, 3.05) is 146 Å². The molecule has 0 aliphatic rings. The van der Waals surface area contributed by atoms with Gasteiger partial charge >= 0.3 is 5.97 Å². The van der Waals surface area contributed by atoms with Crippen LogP contribution in [0.4, 0.5) is 0 Å². The van der Waals surface area contributed by atoms with E-state index in [1.54, 1.807) is 30.3 Å². The van der Waals surface area contributed by atoms with Crippen LogP contribution in [-0.4, -0.2) is 163 Å². The second kappa shape index (κ2) is 30.0. The lowest BCUT2D eigenvalue weighted by molar-refractivity contribution is -0.139. The third-order valence-corrected chi connectivity index (χ3v) is 5.34.